The maximum atomic E-state index is 12.4. The Bertz CT molecular complexity index is 956. The number of amides is 2. The van der Waals surface area contributed by atoms with E-state index >= 15 is 0 Å². The van der Waals surface area contributed by atoms with Crippen molar-refractivity contribution in [1.82, 2.24) is 15.8 Å². The third-order valence-electron chi connectivity index (χ3n) is 3.70. The van der Waals surface area contributed by atoms with Gasteiger partial charge < -0.3 is 11.1 Å². The Morgan fingerprint density at radius 1 is 1.04 bits per heavy atom. The van der Waals surface area contributed by atoms with Crippen LogP contribution in [0.1, 0.15) is 35.3 Å². The number of pyridine rings is 1. The van der Waals surface area contributed by atoms with Crippen molar-refractivity contribution in [3.05, 3.63) is 65.5 Å². The summed E-state index contributed by atoms with van der Waals surface area (Å²) in [4.78, 5) is 28.0. The summed E-state index contributed by atoms with van der Waals surface area (Å²) in [5, 5.41) is 11.3. The summed E-state index contributed by atoms with van der Waals surface area (Å²) in [5.74, 6) is 9.99. The van der Waals surface area contributed by atoms with Crippen molar-refractivity contribution in [3.63, 3.8) is 0 Å². The molecule has 142 valence electrons. The van der Waals surface area contributed by atoms with Gasteiger partial charge in [-0.2, -0.15) is 0 Å². The quantitative estimate of drug-likeness (QED) is 0.358. The molecule has 0 fully saturated rings. The summed E-state index contributed by atoms with van der Waals surface area (Å²) in [5.41, 5.74) is 8.17. The Morgan fingerprint density at radius 3 is 2.07 bits per heavy atom. The van der Waals surface area contributed by atoms with Gasteiger partial charge in [0.1, 0.15) is 6.04 Å². The van der Waals surface area contributed by atoms with Gasteiger partial charge in [0.2, 0.25) is 0 Å². The van der Waals surface area contributed by atoms with E-state index in [2.05, 4.69) is 34.0 Å². The van der Waals surface area contributed by atoms with E-state index in [1.54, 1.807) is 62.6 Å². The Hall–Kier alpha value is -3.65. The van der Waals surface area contributed by atoms with Crippen molar-refractivity contribution >= 4 is 11.8 Å². The number of nitrogens with two attached hydrogens (primary N) is 1. The number of carbonyl (C=O) groups is 2. The van der Waals surface area contributed by atoms with E-state index in [0.717, 1.165) is 5.56 Å². The fourth-order valence-corrected chi connectivity index (χ4v) is 2.22. The van der Waals surface area contributed by atoms with Gasteiger partial charge >= 0.3 is 0 Å². The fourth-order valence-electron chi connectivity index (χ4n) is 2.22. The summed E-state index contributed by atoms with van der Waals surface area (Å²) in [6.07, 6.45) is 3.31. The van der Waals surface area contributed by atoms with Crippen LogP contribution in [0.2, 0.25) is 0 Å². The van der Waals surface area contributed by atoms with E-state index in [1.165, 1.54) is 5.48 Å². The van der Waals surface area contributed by atoms with Crippen molar-refractivity contribution in [2.45, 2.75) is 25.4 Å². The molecular formula is C21H20N4O3. The number of aromatic nitrogens is 1. The molecule has 2 aromatic rings. The number of rotatable bonds is 4. The van der Waals surface area contributed by atoms with Crippen molar-refractivity contribution in [2.24, 2.45) is 5.73 Å². The second-order valence-corrected chi connectivity index (χ2v) is 6.52. The molecule has 7 heteroatoms. The van der Waals surface area contributed by atoms with Crippen LogP contribution in [0.15, 0.2) is 48.8 Å². The maximum absolute atomic E-state index is 12.4. The van der Waals surface area contributed by atoms with E-state index < -0.39 is 23.4 Å². The topological polar surface area (TPSA) is 117 Å². The minimum atomic E-state index is -1.10. The third kappa shape index (κ3) is 5.96. The molecule has 1 atom stereocenters. The molecule has 1 aromatic heterocycles. The zero-order valence-electron chi connectivity index (χ0n) is 15.5. The molecule has 2 rings (SSSR count). The first-order valence-corrected chi connectivity index (χ1v) is 8.37. The molecule has 0 aliphatic rings. The molecule has 0 radical (unpaired) electrons. The average molecular weight is 376 g/mol. The van der Waals surface area contributed by atoms with E-state index in [0.29, 0.717) is 11.1 Å². The predicted molar refractivity (Wildman–Crippen MR) is 104 cm³/mol. The molecule has 0 spiro atoms. The second kappa shape index (κ2) is 9.33. The van der Waals surface area contributed by atoms with Gasteiger partial charge in [-0.1, -0.05) is 11.8 Å². The van der Waals surface area contributed by atoms with Gasteiger partial charge in [-0.15, -0.1) is 0 Å². The van der Waals surface area contributed by atoms with Gasteiger partial charge in [-0.3, -0.25) is 19.8 Å². The van der Waals surface area contributed by atoms with E-state index in [9.17, 15) is 9.59 Å². The van der Waals surface area contributed by atoms with Crippen LogP contribution in [0.5, 0.6) is 0 Å². The van der Waals surface area contributed by atoms with E-state index in [1.807, 2.05) is 0 Å². The van der Waals surface area contributed by atoms with Crippen LogP contribution in [0.4, 0.5) is 0 Å². The Balaban J connectivity index is 2.06. The molecule has 0 saturated carbocycles. The predicted octanol–water partition coefficient (Wildman–Crippen LogP) is 0.826. The van der Waals surface area contributed by atoms with Gasteiger partial charge in [0.25, 0.3) is 11.8 Å². The molecule has 1 heterocycles. The lowest BCUT2D eigenvalue weighted by atomic mass is 9.95. The standard InChI is InChI=1S/C21H20N4O3/c1-21(2,22)18(20(27)25-28)24-19(26)17-9-7-15(8-10-17)5-3-4-6-16-11-13-23-14-12-16/h7-14,18,28H,22H2,1-2H3,(H,24,26)(H,25,27). The van der Waals surface area contributed by atoms with Crippen molar-refractivity contribution in [1.29, 1.82) is 0 Å². The molecule has 0 aliphatic carbocycles. The number of hydrogen-bond donors (Lipinski definition) is 4. The van der Waals surface area contributed by atoms with Crippen LogP contribution < -0.4 is 16.5 Å². The highest BCUT2D eigenvalue weighted by atomic mass is 16.5. The number of nitrogens with one attached hydrogen (secondary N) is 2. The van der Waals surface area contributed by atoms with Crippen LogP contribution in [0, 0.1) is 23.7 Å². The molecule has 0 bridgehead atoms. The van der Waals surface area contributed by atoms with Crippen LogP contribution >= 0.6 is 0 Å². The fraction of sp³-hybridized carbons (Fsp3) is 0.190. The van der Waals surface area contributed by atoms with Gasteiger partial charge in [0, 0.05) is 34.6 Å². The molecule has 0 saturated heterocycles. The van der Waals surface area contributed by atoms with Gasteiger partial charge in [-0.25, -0.2) is 5.48 Å². The molecular weight excluding hydrogens is 356 g/mol. The molecule has 1 aromatic carbocycles. The summed E-state index contributed by atoms with van der Waals surface area (Å²) in [6.45, 7) is 3.14. The zero-order valence-corrected chi connectivity index (χ0v) is 15.5. The molecule has 5 N–H and O–H groups in total. The maximum Gasteiger partial charge on any atom is 0.267 e. The number of hydrogen-bond acceptors (Lipinski definition) is 5. The highest BCUT2D eigenvalue weighted by Crippen LogP contribution is 2.09. The summed E-state index contributed by atoms with van der Waals surface area (Å²) in [6, 6.07) is 8.97. The largest absolute Gasteiger partial charge is 0.338 e. The second-order valence-electron chi connectivity index (χ2n) is 6.52. The molecule has 7 nitrogen and oxygen atoms in total. The number of hydroxylamine groups is 1. The molecule has 2 amide bonds. The van der Waals surface area contributed by atoms with Gasteiger partial charge in [-0.05, 0) is 62.1 Å². The van der Waals surface area contributed by atoms with Crippen molar-refractivity contribution in [3.8, 4) is 23.7 Å². The highest BCUT2D eigenvalue weighted by Gasteiger charge is 2.33. The lowest BCUT2D eigenvalue weighted by Crippen LogP contribution is -2.61. The van der Waals surface area contributed by atoms with Crippen LogP contribution in [-0.2, 0) is 4.79 Å². The van der Waals surface area contributed by atoms with Gasteiger partial charge in [0.15, 0.2) is 0 Å². The summed E-state index contributed by atoms with van der Waals surface area (Å²) < 4.78 is 0. The number of benzene rings is 1. The number of nitrogens with zero attached hydrogens (tertiary/aromatic N) is 1. The zero-order chi connectivity index (χ0) is 20.6. The Labute approximate surface area is 163 Å². The lowest BCUT2D eigenvalue weighted by Gasteiger charge is -2.29. The molecule has 28 heavy (non-hydrogen) atoms. The van der Waals surface area contributed by atoms with E-state index in [-0.39, 0.29) is 0 Å². The first-order chi connectivity index (χ1) is 13.3. The van der Waals surface area contributed by atoms with Crippen molar-refractivity contribution < 1.29 is 14.8 Å². The Kier molecular flexibility index (Phi) is 6.89. The number of carbonyl (C=O) groups excluding carboxylic acids is 2. The highest BCUT2D eigenvalue weighted by molar-refractivity contribution is 5.97. The summed E-state index contributed by atoms with van der Waals surface area (Å²) in [7, 11) is 0. The third-order valence-corrected chi connectivity index (χ3v) is 3.70. The normalized spacial score (nSPS) is 11.1. The monoisotopic (exact) mass is 376 g/mol. The summed E-state index contributed by atoms with van der Waals surface area (Å²) >= 11 is 0. The first kappa shape index (κ1) is 20.7. The smallest absolute Gasteiger partial charge is 0.267 e. The average Bonchev–Trinajstić information content (AvgIpc) is 2.69. The first-order valence-electron chi connectivity index (χ1n) is 8.37. The minimum absolute atomic E-state index is 0.327. The molecule has 1 unspecified atom stereocenters. The van der Waals surface area contributed by atoms with Crippen molar-refractivity contribution in [2.75, 3.05) is 0 Å². The van der Waals surface area contributed by atoms with Crippen LogP contribution in [0.25, 0.3) is 0 Å². The molecule has 0 aliphatic heterocycles. The SMILES string of the molecule is CC(C)(N)C(NC(=O)c1ccc(C#CC#Cc2ccncc2)cc1)C(=O)NO. The minimum Gasteiger partial charge on any atom is -0.338 e. The Morgan fingerprint density at radius 2 is 1.57 bits per heavy atom. The van der Waals surface area contributed by atoms with Crippen LogP contribution in [0.3, 0.4) is 0 Å². The van der Waals surface area contributed by atoms with Crippen LogP contribution in [-0.4, -0.2) is 33.6 Å². The van der Waals surface area contributed by atoms with Gasteiger partial charge in [0.05, 0.1) is 0 Å². The lowest BCUT2D eigenvalue weighted by molar-refractivity contribution is -0.132. The van der Waals surface area contributed by atoms with E-state index in [4.69, 9.17) is 10.9 Å².